The van der Waals surface area contributed by atoms with Crippen LogP contribution < -0.4 is 10.6 Å². The zero-order valence-electron chi connectivity index (χ0n) is 18.0. The molecular weight excluding hydrogens is 402 g/mol. The third-order valence-corrected chi connectivity index (χ3v) is 5.51. The van der Waals surface area contributed by atoms with Gasteiger partial charge < -0.3 is 15.5 Å². The lowest BCUT2D eigenvalue weighted by molar-refractivity contribution is -0.384. The molecule has 0 unspecified atom stereocenters. The van der Waals surface area contributed by atoms with E-state index in [9.17, 15) is 24.5 Å². The first-order valence-corrected chi connectivity index (χ1v) is 10.3. The van der Waals surface area contributed by atoms with Crippen molar-refractivity contribution in [3.8, 4) is 0 Å². The largest absolute Gasteiger partial charge is 0.354 e. The van der Waals surface area contributed by atoms with E-state index >= 15 is 0 Å². The van der Waals surface area contributed by atoms with Crippen molar-refractivity contribution in [2.75, 3.05) is 19.6 Å². The van der Waals surface area contributed by atoms with E-state index in [0.29, 0.717) is 29.9 Å². The maximum absolute atomic E-state index is 13.4. The number of rotatable bonds is 7. The highest BCUT2D eigenvalue weighted by atomic mass is 16.6. The molecule has 0 saturated carbocycles. The Kier molecular flexibility index (Phi) is 6.28. The molecule has 2 N–H and O–H groups in total. The Labute approximate surface area is 180 Å². The molecule has 0 spiro atoms. The number of nitrogens with zero attached hydrogens (tertiary/aromatic N) is 3. The summed E-state index contributed by atoms with van der Waals surface area (Å²) in [5, 5.41) is 16.8. The van der Waals surface area contributed by atoms with E-state index in [4.69, 9.17) is 0 Å². The molecule has 0 aromatic heterocycles. The van der Waals surface area contributed by atoms with Crippen molar-refractivity contribution in [1.29, 1.82) is 0 Å². The van der Waals surface area contributed by atoms with E-state index in [1.165, 1.54) is 28.0 Å². The minimum absolute atomic E-state index is 0.122. The zero-order chi connectivity index (χ0) is 22.9. The molecule has 0 fully saturated rings. The molecule has 1 aromatic carbocycles. The Morgan fingerprint density at radius 1 is 1.32 bits per heavy atom. The summed E-state index contributed by atoms with van der Waals surface area (Å²) in [5.41, 5.74) is 1.18. The van der Waals surface area contributed by atoms with Crippen LogP contribution in [0.5, 0.6) is 0 Å². The summed E-state index contributed by atoms with van der Waals surface area (Å²) in [6, 6.07) is 3.93. The molecule has 31 heavy (non-hydrogen) atoms. The fraction of sp³-hybridized carbons (Fsp3) is 0.476. The molecule has 2 aliphatic heterocycles. The van der Waals surface area contributed by atoms with Crippen LogP contribution >= 0.6 is 0 Å². The van der Waals surface area contributed by atoms with Crippen LogP contribution in [-0.4, -0.2) is 58.2 Å². The van der Waals surface area contributed by atoms with Crippen LogP contribution in [0.2, 0.25) is 0 Å². The van der Waals surface area contributed by atoms with Gasteiger partial charge in [-0.25, -0.2) is 4.79 Å². The molecule has 0 bridgehead atoms. The molecule has 0 radical (unpaired) electrons. The summed E-state index contributed by atoms with van der Waals surface area (Å²) >= 11 is 0. The summed E-state index contributed by atoms with van der Waals surface area (Å²) in [5.74, 6) is -0.360. The normalized spacial score (nSPS) is 19.5. The van der Waals surface area contributed by atoms with Crippen molar-refractivity contribution in [2.24, 2.45) is 5.92 Å². The molecule has 2 heterocycles. The second kappa shape index (κ2) is 8.75. The summed E-state index contributed by atoms with van der Waals surface area (Å²) in [4.78, 5) is 52.2. The number of urea groups is 1. The van der Waals surface area contributed by atoms with Gasteiger partial charge in [-0.15, -0.1) is 0 Å². The molecule has 4 amide bonds. The van der Waals surface area contributed by atoms with Gasteiger partial charge in [0.1, 0.15) is 6.04 Å². The van der Waals surface area contributed by atoms with Crippen LogP contribution in [-0.2, 0) is 9.59 Å². The van der Waals surface area contributed by atoms with Crippen LogP contribution in [0.25, 0.3) is 0 Å². The number of likely N-dealkylation sites (N-methyl/N-ethyl adjacent to an activating group) is 1. The number of hydrogen-bond acceptors (Lipinski definition) is 5. The number of non-ortho nitro benzene ring substituents is 1. The molecule has 1 aromatic rings. The Morgan fingerprint density at radius 3 is 2.65 bits per heavy atom. The van der Waals surface area contributed by atoms with Crippen molar-refractivity contribution in [1.82, 2.24) is 20.4 Å². The number of nitro groups is 1. The Hall–Kier alpha value is -3.43. The predicted octanol–water partition coefficient (Wildman–Crippen LogP) is 1.94. The van der Waals surface area contributed by atoms with E-state index in [1.807, 2.05) is 13.8 Å². The summed E-state index contributed by atoms with van der Waals surface area (Å²) in [6.07, 6.45) is 0. The monoisotopic (exact) mass is 429 g/mol. The first-order valence-electron chi connectivity index (χ1n) is 10.3. The topological polar surface area (TPSA) is 125 Å². The van der Waals surface area contributed by atoms with Crippen molar-refractivity contribution in [3.05, 3.63) is 51.2 Å². The number of carbonyl (C=O) groups excluding carboxylic acids is 3. The number of nitro benzene ring substituents is 1. The van der Waals surface area contributed by atoms with Crippen LogP contribution in [0.15, 0.2) is 35.5 Å². The smallest absolute Gasteiger partial charge is 0.322 e. The first kappa shape index (κ1) is 22.3. The van der Waals surface area contributed by atoms with E-state index in [1.54, 1.807) is 19.9 Å². The molecule has 2 atom stereocenters. The molecular formula is C21H27N5O5. The SMILES string of the molecule is CCN1C(=O)N[C@H](c2cccc([N+](=O)[O-])c2)C2=C1CN([C@H](C)C(=O)NCC(C)C)C2=O. The average molecular weight is 429 g/mol. The lowest BCUT2D eigenvalue weighted by Gasteiger charge is -2.32. The second-order valence-corrected chi connectivity index (χ2v) is 8.09. The highest BCUT2D eigenvalue weighted by molar-refractivity contribution is 6.03. The third-order valence-electron chi connectivity index (χ3n) is 5.51. The van der Waals surface area contributed by atoms with Crippen LogP contribution in [0.1, 0.15) is 39.3 Å². The molecule has 10 nitrogen and oxygen atoms in total. The summed E-state index contributed by atoms with van der Waals surface area (Å²) in [6.45, 7) is 8.37. The van der Waals surface area contributed by atoms with Gasteiger partial charge in [-0.1, -0.05) is 26.0 Å². The van der Waals surface area contributed by atoms with E-state index in [-0.39, 0.29) is 36.0 Å². The van der Waals surface area contributed by atoms with Crippen molar-refractivity contribution >= 4 is 23.5 Å². The number of hydrogen-bond donors (Lipinski definition) is 2. The minimum atomic E-state index is -0.825. The van der Waals surface area contributed by atoms with Gasteiger partial charge >= 0.3 is 6.03 Å². The van der Waals surface area contributed by atoms with Gasteiger partial charge in [0.05, 0.1) is 28.8 Å². The van der Waals surface area contributed by atoms with Gasteiger partial charge in [0.15, 0.2) is 0 Å². The van der Waals surface area contributed by atoms with Crippen LogP contribution in [0, 0.1) is 16.0 Å². The second-order valence-electron chi connectivity index (χ2n) is 8.09. The molecule has 10 heteroatoms. The number of nitrogens with one attached hydrogen (secondary N) is 2. The molecule has 2 aliphatic rings. The fourth-order valence-electron chi connectivity index (χ4n) is 3.82. The van der Waals surface area contributed by atoms with Gasteiger partial charge in [-0.05, 0) is 25.3 Å². The highest BCUT2D eigenvalue weighted by Gasteiger charge is 2.46. The van der Waals surface area contributed by atoms with Gasteiger partial charge in [-0.2, -0.15) is 0 Å². The Morgan fingerprint density at radius 2 is 2.03 bits per heavy atom. The van der Waals surface area contributed by atoms with Crippen molar-refractivity contribution < 1.29 is 19.3 Å². The summed E-state index contributed by atoms with van der Waals surface area (Å²) < 4.78 is 0. The number of carbonyl (C=O) groups is 3. The van der Waals surface area contributed by atoms with Crippen LogP contribution in [0.3, 0.4) is 0 Å². The Balaban J connectivity index is 1.95. The van der Waals surface area contributed by atoms with E-state index < -0.39 is 17.0 Å². The van der Waals surface area contributed by atoms with E-state index in [2.05, 4.69) is 10.6 Å². The first-order chi connectivity index (χ1) is 14.6. The maximum atomic E-state index is 13.4. The zero-order valence-corrected chi connectivity index (χ0v) is 18.0. The van der Waals surface area contributed by atoms with Gasteiger partial charge in [0.2, 0.25) is 5.91 Å². The molecule has 166 valence electrons. The molecule has 0 saturated heterocycles. The highest BCUT2D eigenvalue weighted by Crippen LogP contribution is 2.37. The minimum Gasteiger partial charge on any atom is -0.354 e. The van der Waals surface area contributed by atoms with Crippen molar-refractivity contribution in [3.63, 3.8) is 0 Å². The van der Waals surface area contributed by atoms with E-state index in [0.717, 1.165) is 0 Å². The van der Waals surface area contributed by atoms with Gasteiger partial charge in [-0.3, -0.25) is 24.6 Å². The summed E-state index contributed by atoms with van der Waals surface area (Å²) in [7, 11) is 0. The lowest BCUT2D eigenvalue weighted by atomic mass is 9.95. The molecule has 0 aliphatic carbocycles. The van der Waals surface area contributed by atoms with Gasteiger partial charge in [0, 0.05) is 25.2 Å². The molecule has 3 rings (SSSR count). The van der Waals surface area contributed by atoms with Crippen LogP contribution in [0.4, 0.5) is 10.5 Å². The lowest BCUT2D eigenvalue weighted by Crippen LogP contribution is -2.47. The average Bonchev–Trinajstić information content (AvgIpc) is 3.07. The third kappa shape index (κ3) is 4.23. The van der Waals surface area contributed by atoms with Crippen molar-refractivity contribution in [2.45, 2.75) is 39.8 Å². The number of benzene rings is 1. The predicted molar refractivity (Wildman–Crippen MR) is 113 cm³/mol. The number of amides is 4. The van der Waals surface area contributed by atoms with Gasteiger partial charge in [0.25, 0.3) is 11.6 Å². The Bertz CT molecular complexity index is 957. The maximum Gasteiger partial charge on any atom is 0.322 e. The quantitative estimate of drug-likeness (QED) is 0.506. The standard InChI is InChI=1S/C21H27N5O5/c1-5-24-16-11-25(13(4)19(27)22-10-12(2)3)20(28)17(16)18(23-21(24)29)14-7-6-8-15(9-14)26(30)31/h6-9,12-13,18H,5,10-11H2,1-4H3,(H,22,27)(H,23,29)/t13-,18-/m1/s1. The fourth-order valence-corrected chi connectivity index (χ4v) is 3.82.